The topological polar surface area (TPSA) is 76.1 Å². The number of benzene rings is 1. The number of likely N-dealkylation sites (tertiary alicyclic amines) is 1. The van der Waals surface area contributed by atoms with Gasteiger partial charge in [0.25, 0.3) is 0 Å². The summed E-state index contributed by atoms with van der Waals surface area (Å²) in [6.45, 7) is 5.35. The number of hydrogen-bond acceptors (Lipinski definition) is 4. The molecule has 23 heavy (non-hydrogen) atoms. The number of rotatable bonds is 3. The van der Waals surface area contributed by atoms with E-state index in [0.717, 1.165) is 0 Å². The molecular formula is C16H20ClNO5. The lowest BCUT2D eigenvalue weighted by Crippen LogP contribution is -2.43. The van der Waals surface area contributed by atoms with Gasteiger partial charge in [-0.05, 0) is 39.0 Å². The highest BCUT2D eigenvalue weighted by atomic mass is 35.5. The average molecular weight is 342 g/mol. The van der Waals surface area contributed by atoms with E-state index in [9.17, 15) is 14.7 Å². The Balaban J connectivity index is 2.08. The molecule has 1 amide bonds. The van der Waals surface area contributed by atoms with Crippen LogP contribution in [0.25, 0.3) is 0 Å². The third-order valence-corrected chi connectivity index (χ3v) is 3.51. The van der Waals surface area contributed by atoms with Crippen molar-refractivity contribution in [3.63, 3.8) is 0 Å². The molecule has 0 bridgehead atoms. The van der Waals surface area contributed by atoms with Crippen LogP contribution in [0.3, 0.4) is 0 Å². The minimum absolute atomic E-state index is 0.151. The van der Waals surface area contributed by atoms with Crippen LogP contribution in [-0.2, 0) is 9.53 Å². The van der Waals surface area contributed by atoms with Crippen molar-refractivity contribution in [1.82, 2.24) is 4.90 Å². The molecule has 1 saturated heterocycles. The van der Waals surface area contributed by atoms with Crippen LogP contribution in [0.4, 0.5) is 4.79 Å². The monoisotopic (exact) mass is 341 g/mol. The van der Waals surface area contributed by atoms with E-state index >= 15 is 0 Å². The van der Waals surface area contributed by atoms with Crippen LogP contribution in [0.2, 0.25) is 5.02 Å². The van der Waals surface area contributed by atoms with Crippen molar-refractivity contribution in [2.24, 2.45) is 0 Å². The molecule has 1 aliphatic rings. The van der Waals surface area contributed by atoms with Crippen molar-refractivity contribution in [3.05, 3.63) is 29.3 Å². The second kappa shape index (κ2) is 6.66. The van der Waals surface area contributed by atoms with E-state index < -0.39 is 29.8 Å². The maximum atomic E-state index is 12.2. The lowest BCUT2D eigenvalue weighted by atomic mass is 10.2. The number of halogens is 1. The molecule has 126 valence electrons. The van der Waals surface area contributed by atoms with Crippen molar-refractivity contribution in [1.29, 1.82) is 0 Å². The van der Waals surface area contributed by atoms with E-state index in [1.165, 1.54) is 4.90 Å². The van der Waals surface area contributed by atoms with Crippen molar-refractivity contribution >= 4 is 23.7 Å². The molecule has 2 atom stereocenters. The first kappa shape index (κ1) is 17.4. The fourth-order valence-corrected chi connectivity index (χ4v) is 2.55. The Morgan fingerprint density at radius 3 is 2.61 bits per heavy atom. The molecule has 0 radical (unpaired) electrons. The van der Waals surface area contributed by atoms with E-state index in [0.29, 0.717) is 10.8 Å². The molecule has 6 nitrogen and oxygen atoms in total. The molecule has 0 aliphatic carbocycles. The lowest BCUT2D eigenvalue weighted by Gasteiger charge is -2.26. The van der Waals surface area contributed by atoms with E-state index in [1.807, 2.05) is 0 Å². The number of carbonyl (C=O) groups is 2. The van der Waals surface area contributed by atoms with Gasteiger partial charge in [0.2, 0.25) is 0 Å². The van der Waals surface area contributed by atoms with Gasteiger partial charge in [-0.2, -0.15) is 0 Å². The van der Waals surface area contributed by atoms with Gasteiger partial charge >= 0.3 is 12.1 Å². The predicted octanol–water partition coefficient (Wildman–Crippen LogP) is 3.18. The van der Waals surface area contributed by atoms with E-state index in [1.54, 1.807) is 45.0 Å². The van der Waals surface area contributed by atoms with Gasteiger partial charge in [-0.3, -0.25) is 4.90 Å². The fourth-order valence-electron chi connectivity index (χ4n) is 2.37. The maximum absolute atomic E-state index is 12.2. The smallest absolute Gasteiger partial charge is 0.411 e. The molecule has 1 fully saturated rings. The highest BCUT2D eigenvalue weighted by molar-refractivity contribution is 6.30. The van der Waals surface area contributed by atoms with Crippen LogP contribution in [0.1, 0.15) is 27.2 Å². The first-order valence-corrected chi connectivity index (χ1v) is 7.68. The molecular weight excluding hydrogens is 322 g/mol. The van der Waals surface area contributed by atoms with Crippen molar-refractivity contribution < 1.29 is 24.2 Å². The molecule has 0 aromatic heterocycles. The summed E-state index contributed by atoms with van der Waals surface area (Å²) in [5, 5.41) is 9.86. The first-order chi connectivity index (χ1) is 10.7. The van der Waals surface area contributed by atoms with Gasteiger partial charge in [-0.15, -0.1) is 0 Å². The SMILES string of the molecule is CC(C)(C)OC(=O)N1C[C@@H](Oc2cccc(Cl)c2)C[C@H]1C(=O)O. The summed E-state index contributed by atoms with van der Waals surface area (Å²) in [7, 11) is 0. The molecule has 1 N–H and O–H groups in total. The largest absolute Gasteiger partial charge is 0.488 e. The number of amides is 1. The molecule has 0 unspecified atom stereocenters. The Hall–Kier alpha value is -1.95. The van der Waals surface area contributed by atoms with Crippen molar-refractivity contribution in [2.45, 2.75) is 44.9 Å². The molecule has 2 rings (SSSR count). The van der Waals surface area contributed by atoms with Gasteiger partial charge in [-0.1, -0.05) is 17.7 Å². The molecule has 0 spiro atoms. The highest BCUT2D eigenvalue weighted by Gasteiger charge is 2.42. The summed E-state index contributed by atoms with van der Waals surface area (Å²) in [5.41, 5.74) is -0.688. The minimum atomic E-state index is -1.08. The quantitative estimate of drug-likeness (QED) is 0.913. The molecule has 1 aromatic carbocycles. The number of carbonyl (C=O) groups excluding carboxylic acids is 1. The summed E-state index contributed by atoms with van der Waals surface area (Å²) in [6, 6.07) is 5.88. The zero-order chi connectivity index (χ0) is 17.2. The zero-order valence-corrected chi connectivity index (χ0v) is 14.0. The number of carboxylic acids is 1. The van der Waals surface area contributed by atoms with Gasteiger partial charge in [0.15, 0.2) is 0 Å². The number of aliphatic carboxylic acids is 1. The van der Waals surface area contributed by atoms with Crippen LogP contribution < -0.4 is 4.74 Å². The molecule has 1 aliphatic heterocycles. The third kappa shape index (κ3) is 4.76. The maximum Gasteiger partial charge on any atom is 0.411 e. The van der Waals surface area contributed by atoms with Crippen molar-refractivity contribution in [2.75, 3.05) is 6.54 Å². The average Bonchev–Trinajstić information content (AvgIpc) is 2.81. The minimum Gasteiger partial charge on any atom is -0.488 e. The summed E-state index contributed by atoms with van der Waals surface area (Å²) in [5.74, 6) is -0.536. The zero-order valence-electron chi connectivity index (χ0n) is 13.3. The summed E-state index contributed by atoms with van der Waals surface area (Å²) >= 11 is 5.90. The lowest BCUT2D eigenvalue weighted by molar-refractivity contribution is -0.142. The third-order valence-electron chi connectivity index (χ3n) is 3.27. The van der Waals surface area contributed by atoms with Gasteiger partial charge in [-0.25, -0.2) is 9.59 Å². The number of nitrogens with zero attached hydrogens (tertiary/aromatic N) is 1. The molecule has 0 saturated carbocycles. The van der Waals surface area contributed by atoms with Crippen molar-refractivity contribution in [3.8, 4) is 5.75 Å². The summed E-state index contributed by atoms with van der Waals surface area (Å²) in [6.07, 6.45) is -0.884. The summed E-state index contributed by atoms with van der Waals surface area (Å²) in [4.78, 5) is 24.8. The Morgan fingerprint density at radius 1 is 1.35 bits per heavy atom. The Bertz CT molecular complexity index is 598. The van der Waals surface area contributed by atoms with Gasteiger partial charge in [0.1, 0.15) is 23.5 Å². The standard InChI is InChI=1S/C16H20ClNO5/c1-16(2,3)23-15(21)18-9-12(8-13(18)14(19)20)22-11-6-4-5-10(17)7-11/h4-7,12-13H,8-9H2,1-3H3,(H,19,20)/t12-,13-/m0/s1. The predicted molar refractivity (Wildman–Crippen MR) is 84.8 cm³/mol. The number of hydrogen-bond donors (Lipinski definition) is 1. The summed E-state index contributed by atoms with van der Waals surface area (Å²) < 4.78 is 11.0. The van der Waals surface area contributed by atoms with Crippen LogP contribution in [-0.4, -0.2) is 46.4 Å². The Labute approximate surface area is 139 Å². The first-order valence-electron chi connectivity index (χ1n) is 7.30. The number of ether oxygens (including phenoxy) is 2. The Morgan fingerprint density at radius 2 is 2.04 bits per heavy atom. The van der Waals surface area contributed by atoms with Gasteiger partial charge < -0.3 is 14.6 Å². The van der Waals surface area contributed by atoms with E-state index in [-0.39, 0.29) is 13.0 Å². The normalized spacial score (nSPS) is 21.1. The van der Waals surface area contributed by atoms with Crippen LogP contribution in [0.5, 0.6) is 5.75 Å². The molecule has 7 heteroatoms. The van der Waals surface area contributed by atoms with Gasteiger partial charge in [0.05, 0.1) is 6.54 Å². The van der Waals surface area contributed by atoms with Gasteiger partial charge in [0, 0.05) is 11.4 Å². The van der Waals surface area contributed by atoms with E-state index in [2.05, 4.69) is 0 Å². The fraction of sp³-hybridized carbons (Fsp3) is 0.500. The Kier molecular flexibility index (Phi) is 5.04. The van der Waals surface area contributed by atoms with E-state index in [4.69, 9.17) is 21.1 Å². The number of carboxylic acid groups (broad SMARTS) is 1. The van der Waals surface area contributed by atoms with Crippen LogP contribution in [0, 0.1) is 0 Å². The van der Waals surface area contributed by atoms with Crippen LogP contribution in [0.15, 0.2) is 24.3 Å². The molecule has 1 aromatic rings. The second-order valence-electron chi connectivity index (χ2n) is 6.42. The van der Waals surface area contributed by atoms with Crippen LogP contribution >= 0.6 is 11.6 Å². The highest BCUT2D eigenvalue weighted by Crippen LogP contribution is 2.26. The molecule has 1 heterocycles. The second-order valence-corrected chi connectivity index (χ2v) is 6.86.